The molecule has 60 valence electrons. The van der Waals surface area contributed by atoms with E-state index in [0.717, 1.165) is 0 Å². The van der Waals surface area contributed by atoms with Crippen LogP contribution in [-0.4, -0.2) is 23.5 Å². The maximum absolute atomic E-state index is 11.0. The molecule has 5 heteroatoms. The van der Waals surface area contributed by atoms with E-state index in [1.807, 2.05) is 0 Å². The van der Waals surface area contributed by atoms with Crippen molar-refractivity contribution in [3.63, 3.8) is 0 Å². The second-order valence-electron chi connectivity index (χ2n) is 1.74. The Morgan fingerprint density at radius 3 is 3.00 bits per heavy atom. The Kier molecular flexibility index (Phi) is 2.58. The minimum atomic E-state index is -0.553. The number of rotatable bonds is 2. The topological polar surface area (TPSA) is 49.8 Å². The molecule has 1 aromatic rings. The lowest BCUT2D eigenvalue weighted by molar-refractivity contribution is -0.280. The molecule has 1 amide bonds. The Morgan fingerprint density at radius 2 is 2.55 bits per heavy atom. The molecule has 0 bridgehead atoms. The Labute approximate surface area is 67.5 Å². The minimum Gasteiger partial charge on any atom is -0.263 e. The number of amides is 1. The van der Waals surface area contributed by atoms with Crippen LogP contribution in [0.3, 0.4) is 0 Å². The molecular weight excluding hydrogens is 166 g/mol. The molecule has 1 aromatic heterocycles. The summed E-state index contributed by atoms with van der Waals surface area (Å²) in [6, 6.07) is 3.33. The van der Waals surface area contributed by atoms with E-state index in [4.69, 9.17) is 5.21 Å². The summed E-state index contributed by atoms with van der Waals surface area (Å²) in [5.74, 6) is -0.553. The number of carbonyl (C=O) groups excluding carboxylic acids is 1. The fourth-order valence-corrected chi connectivity index (χ4v) is 1.22. The Bertz CT molecular complexity index is 234. The summed E-state index contributed by atoms with van der Waals surface area (Å²) in [6.45, 7) is 0. The summed E-state index contributed by atoms with van der Waals surface area (Å²) in [7, 11) is 1.21. The summed E-state index contributed by atoms with van der Waals surface area (Å²) in [5.41, 5.74) is 0. The molecule has 0 fully saturated rings. The molecule has 11 heavy (non-hydrogen) atoms. The lowest BCUT2D eigenvalue weighted by atomic mass is 10.4. The highest BCUT2D eigenvalue weighted by Crippen LogP contribution is 2.10. The van der Waals surface area contributed by atoms with Gasteiger partial charge in [-0.15, -0.1) is 11.3 Å². The van der Waals surface area contributed by atoms with Gasteiger partial charge in [-0.05, 0) is 11.4 Å². The molecule has 0 aliphatic heterocycles. The van der Waals surface area contributed by atoms with Gasteiger partial charge in [-0.1, -0.05) is 11.3 Å². The third-order valence-corrected chi connectivity index (χ3v) is 1.94. The number of hydrogen-bond donors (Lipinski definition) is 1. The highest BCUT2D eigenvalue weighted by atomic mass is 32.1. The van der Waals surface area contributed by atoms with Crippen molar-refractivity contribution in [1.82, 2.24) is 5.23 Å². The number of hydroxylamine groups is 2. The second-order valence-corrected chi connectivity index (χ2v) is 2.69. The van der Waals surface area contributed by atoms with Gasteiger partial charge in [0.05, 0.1) is 12.0 Å². The SMILES string of the molecule is CON(O)C(=O)c1cccs1. The van der Waals surface area contributed by atoms with Crippen molar-refractivity contribution in [3.05, 3.63) is 22.4 Å². The molecule has 0 aliphatic rings. The predicted molar refractivity (Wildman–Crippen MR) is 39.3 cm³/mol. The molecule has 0 saturated carbocycles. The van der Waals surface area contributed by atoms with Crippen molar-refractivity contribution in [3.8, 4) is 0 Å². The normalized spacial score (nSPS) is 9.64. The Balaban J connectivity index is 2.70. The van der Waals surface area contributed by atoms with E-state index in [2.05, 4.69) is 4.84 Å². The maximum atomic E-state index is 11.0. The quantitative estimate of drug-likeness (QED) is 0.539. The van der Waals surface area contributed by atoms with E-state index in [1.54, 1.807) is 17.5 Å². The number of nitrogens with zero attached hydrogens (tertiary/aromatic N) is 1. The van der Waals surface area contributed by atoms with E-state index in [-0.39, 0.29) is 5.23 Å². The van der Waals surface area contributed by atoms with Gasteiger partial charge < -0.3 is 0 Å². The van der Waals surface area contributed by atoms with Crippen LogP contribution >= 0.6 is 11.3 Å². The molecule has 0 unspecified atom stereocenters. The van der Waals surface area contributed by atoms with Crippen LogP contribution in [-0.2, 0) is 4.84 Å². The second kappa shape index (κ2) is 3.47. The summed E-state index contributed by atoms with van der Waals surface area (Å²) in [6.07, 6.45) is 0. The standard InChI is InChI=1S/C6H7NO3S/c1-10-7(9)6(8)5-3-2-4-11-5/h2-4,9H,1H3. The monoisotopic (exact) mass is 173 g/mol. The third kappa shape index (κ3) is 1.76. The molecule has 1 heterocycles. The molecule has 0 aliphatic carbocycles. The van der Waals surface area contributed by atoms with Gasteiger partial charge >= 0.3 is 5.91 Å². The lowest BCUT2D eigenvalue weighted by Crippen LogP contribution is -2.25. The van der Waals surface area contributed by atoms with Crippen LogP contribution in [0.2, 0.25) is 0 Å². The van der Waals surface area contributed by atoms with Gasteiger partial charge in [0.2, 0.25) is 0 Å². The molecule has 1 N–H and O–H groups in total. The number of hydrogen-bond acceptors (Lipinski definition) is 4. The average molecular weight is 173 g/mol. The van der Waals surface area contributed by atoms with Gasteiger partial charge in [0.1, 0.15) is 0 Å². The molecule has 0 saturated heterocycles. The summed E-state index contributed by atoms with van der Waals surface area (Å²) >= 11 is 1.24. The van der Waals surface area contributed by atoms with Crippen molar-refractivity contribution in [2.45, 2.75) is 0 Å². The first-order valence-corrected chi connectivity index (χ1v) is 3.74. The molecule has 4 nitrogen and oxygen atoms in total. The van der Waals surface area contributed by atoms with Gasteiger partial charge in [0, 0.05) is 0 Å². The van der Waals surface area contributed by atoms with Crippen molar-refractivity contribution in [2.24, 2.45) is 0 Å². The Morgan fingerprint density at radius 1 is 1.82 bits per heavy atom. The fraction of sp³-hybridized carbons (Fsp3) is 0.167. The van der Waals surface area contributed by atoms with Crippen LogP contribution in [0.4, 0.5) is 0 Å². The van der Waals surface area contributed by atoms with Crippen LogP contribution in [0.5, 0.6) is 0 Å². The van der Waals surface area contributed by atoms with Gasteiger partial charge in [-0.2, -0.15) is 0 Å². The number of thiophene rings is 1. The summed E-state index contributed by atoms with van der Waals surface area (Å²) < 4.78 is 0. The van der Waals surface area contributed by atoms with E-state index in [0.29, 0.717) is 4.88 Å². The first-order valence-electron chi connectivity index (χ1n) is 2.86. The zero-order chi connectivity index (χ0) is 8.27. The van der Waals surface area contributed by atoms with Crippen LogP contribution < -0.4 is 0 Å². The zero-order valence-electron chi connectivity index (χ0n) is 5.85. The predicted octanol–water partition coefficient (Wildman–Crippen LogP) is 1.14. The smallest absolute Gasteiger partial charge is 0.263 e. The molecule has 0 aromatic carbocycles. The van der Waals surface area contributed by atoms with Crippen molar-refractivity contribution in [1.29, 1.82) is 0 Å². The van der Waals surface area contributed by atoms with Crippen LogP contribution in [0.15, 0.2) is 17.5 Å². The van der Waals surface area contributed by atoms with E-state index >= 15 is 0 Å². The molecule has 0 spiro atoms. The summed E-state index contributed by atoms with van der Waals surface area (Å²) in [4.78, 5) is 15.7. The first kappa shape index (κ1) is 8.19. The molecule has 0 radical (unpaired) electrons. The van der Waals surface area contributed by atoms with Crippen LogP contribution in [0, 0.1) is 0 Å². The highest BCUT2D eigenvalue weighted by Gasteiger charge is 2.13. The van der Waals surface area contributed by atoms with Crippen molar-refractivity contribution < 1.29 is 14.8 Å². The Hall–Kier alpha value is -0.910. The third-order valence-electron chi connectivity index (χ3n) is 1.08. The van der Waals surface area contributed by atoms with Crippen molar-refractivity contribution >= 4 is 17.2 Å². The van der Waals surface area contributed by atoms with Crippen LogP contribution in [0.25, 0.3) is 0 Å². The lowest BCUT2D eigenvalue weighted by Gasteiger charge is -2.08. The molecular formula is C6H7NO3S. The minimum absolute atomic E-state index is 0.200. The fourth-order valence-electron chi connectivity index (χ4n) is 0.577. The zero-order valence-corrected chi connectivity index (χ0v) is 6.67. The maximum Gasteiger partial charge on any atom is 0.313 e. The highest BCUT2D eigenvalue weighted by molar-refractivity contribution is 7.12. The average Bonchev–Trinajstić information content (AvgIpc) is 2.53. The van der Waals surface area contributed by atoms with Crippen molar-refractivity contribution in [2.75, 3.05) is 7.11 Å². The van der Waals surface area contributed by atoms with E-state index in [9.17, 15) is 4.79 Å². The number of carbonyl (C=O) groups is 1. The molecule has 0 atom stereocenters. The van der Waals surface area contributed by atoms with Crippen LogP contribution in [0.1, 0.15) is 9.67 Å². The molecule has 1 rings (SSSR count). The van der Waals surface area contributed by atoms with Gasteiger partial charge in [0.15, 0.2) is 0 Å². The van der Waals surface area contributed by atoms with Gasteiger partial charge in [-0.3, -0.25) is 10.0 Å². The van der Waals surface area contributed by atoms with Gasteiger partial charge in [0.25, 0.3) is 0 Å². The van der Waals surface area contributed by atoms with E-state index in [1.165, 1.54) is 18.4 Å². The largest absolute Gasteiger partial charge is 0.313 e. The van der Waals surface area contributed by atoms with Gasteiger partial charge in [-0.25, -0.2) is 4.84 Å². The van der Waals surface area contributed by atoms with E-state index < -0.39 is 5.91 Å². The summed E-state index contributed by atoms with van der Waals surface area (Å²) in [5, 5.41) is 10.7. The first-order chi connectivity index (χ1) is 5.25.